The summed E-state index contributed by atoms with van der Waals surface area (Å²) in [4.78, 5) is 17.0. The highest BCUT2D eigenvalue weighted by molar-refractivity contribution is 7.99. The Hall–Kier alpha value is -2.38. The predicted octanol–water partition coefficient (Wildman–Crippen LogP) is 4.30. The van der Waals surface area contributed by atoms with Gasteiger partial charge in [-0.15, -0.1) is 16.9 Å². The van der Waals surface area contributed by atoms with Crippen LogP contribution in [-0.4, -0.2) is 26.8 Å². The molecule has 0 saturated carbocycles. The van der Waals surface area contributed by atoms with Crippen molar-refractivity contribution in [1.29, 1.82) is 0 Å². The van der Waals surface area contributed by atoms with E-state index in [-0.39, 0.29) is 11.9 Å². The highest BCUT2D eigenvalue weighted by Crippen LogP contribution is 2.22. The number of nitrogens with one attached hydrogen (secondary N) is 1. The Morgan fingerprint density at radius 2 is 1.88 bits per heavy atom. The molecule has 25 heavy (non-hydrogen) atoms. The second-order valence-electron chi connectivity index (χ2n) is 5.10. The fourth-order valence-corrected chi connectivity index (χ4v) is 3.00. The van der Waals surface area contributed by atoms with E-state index >= 15 is 0 Å². The van der Waals surface area contributed by atoms with Crippen LogP contribution in [0.5, 0.6) is 0 Å². The molecule has 0 fully saturated rings. The molecule has 1 aromatic carbocycles. The molecule has 0 unspecified atom stereocenters. The van der Waals surface area contributed by atoms with Gasteiger partial charge in [0.05, 0.1) is 0 Å². The molecule has 0 aliphatic heterocycles. The lowest BCUT2D eigenvalue weighted by Gasteiger charge is -2.02. The molecule has 1 amide bonds. The van der Waals surface area contributed by atoms with Gasteiger partial charge in [-0.2, -0.15) is 0 Å². The first-order valence-corrected chi connectivity index (χ1v) is 8.99. The third-order valence-electron chi connectivity index (χ3n) is 3.23. The lowest BCUT2D eigenvalue weighted by atomic mass is 10.3. The van der Waals surface area contributed by atoms with Crippen molar-refractivity contribution < 1.29 is 9.21 Å². The number of carbonyl (C=O) groups is 1. The average molecular weight is 375 g/mol. The van der Waals surface area contributed by atoms with Crippen molar-refractivity contribution in [2.45, 2.75) is 17.7 Å². The first kappa shape index (κ1) is 17.4. The van der Waals surface area contributed by atoms with E-state index in [1.807, 2.05) is 24.3 Å². The Kier molecular flexibility index (Phi) is 6.03. The number of anilines is 1. The maximum absolute atomic E-state index is 11.9. The monoisotopic (exact) mass is 374 g/mol. The van der Waals surface area contributed by atoms with Crippen LogP contribution >= 0.6 is 23.4 Å². The molecule has 0 aliphatic carbocycles. The summed E-state index contributed by atoms with van der Waals surface area (Å²) in [7, 11) is 0. The Morgan fingerprint density at radius 1 is 1.12 bits per heavy atom. The molecule has 0 atom stereocenters. The summed E-state index contributed by atoms with van der Waals surface area (Å²) in [6.45, 7) is 0. The number of thioether (sulfide) groups is 1. The SMILES string of the molecule is O=C(CCCSc1ccc(Cl)cc1)Nc1nnc(-c2ccncc2)o1. The first-order valence-electron chi connectivity index (χ1n) is 7.63. The molecule has 3 rings (SSSR count). The Balaban J connectivity index is 1.42. The van der Waals surface area contributed by atoms with E-state index in [1.54, 1.807) is 36.3 Å². The number of benzene rings is 1. The summed E-state index contributed by atoms with van der Waals surface area (Å²) < 4.78 is 5.43. The van der Waals surface area contributed by atoms with Crippen LogP contribution in [0.1, 0.15) is 12.8 Å². The number of pyridine rings is 1. The van der Waals surface area contributed by atoms with Gasteiger partial charge in [0.25, 0.3) is 0 Å². The Morgan fingerprint density at radius 3 is 2.64 bits per heavy atom. The van der Waals surface area contributed by atoms with Crippen molar-refractivity contribution in [2.75, 3.05) is 11.1 Å². The number of rotatable bonds is 7. The maximum Gasteiger partial charge on any atom is 0.322 e. The fourth-order valence-electron chi connectivity index (χ4n) is 2.02. The van der Waals surface area contributed by atoms with Gasteiger partial charge in [0.2, 0.25) is 11.8 Å². The van der Waals surface area contributed by atoms with Crippen LogP contribution in [-0.2, 0) is 4.79 Å². The van der Waals surface area contributed by atoms with Crippen molar-refractivity contribution in [1.82, 2.24) is 15.2 Å². The molecular formula is C17H15ClN4O2S. The topological polar surface area (TPSA) is 80.9 Å². The summed E-state index contributed by atoms with van der Waals surface area (Å²) in [6, 6.07) is 11.2. The Labute approximate surface area is 154 Å². The van der Waals surface area contributed by atoms with Crippen LogP contribution in [0.25, 0.3) is 11.5 Å². The Bertz CT molecular complexity index is 824. The molecule has 0 bridgehead atoms. The quantitative estimate of drug-likeness (QED) is 0.490. The van der Waals surface area contributed by atoms with Crippen molar-refractivity contribution in [2.24, 2.45) is 0 Å². The van der Waals surface area contributed by atoms with E-state index in [9.17, 15) is 4.79 Å². The standard InChI is InChI=1S/C17H15ClN4O2S/c18-13-3-5-14(6-4-13)25-11-1-2-15(23)20-17-22-21-16(24-17)12-7-9-19-10-8-12/h3-10H,1-2,11H2,(H,20,22,23). The third-order valence-corrected chi connectivity index (χ3v) is 4.58. The minimum atomic E-state index is -0.151. The number of aromatic nitrogens is 3. The average Bonchev–Trinajstić information content (AvgIpc) is 3.09. The third kappa shape index (κ3) is 5.30. The van der Waals surface area contributed by atoms with Crippen molar-refractivity contribution in [3.05, 3.63) is 53.8 Å². The minimum absolute atomic E-state index is 0.0992. The normalized spacial score (nSPS) is 10.6. The molecule has 3 aromatic rings. The molecule has 0 radical (unpaired) electrons. The predicted molar refractivity (Wildman–Crippen MR) is 97.6 cm³/mol. The van der Waals surface area contributed by atoms with Gasteiger partial charge in [-0.3, -0.25) is 15.1 Å². The van der Waals surface area contributed by atoms with Crippen LogP contribution in [0.3, 0.4) is 0 Å². The van der Waals surface area contributed by atoms with Gasteiger partial charge >= 0.3 is 6.01 Å². The van der Waals surface area contributed by atoms with E-state index < -0.39 is 0 Å². The van der Waals surface area contributed by atoms with E-state index in [4.69, 9.17) is 16.0 Å². The zero-order valence-electron chi connectivity index (χ0n) is 13.2. The van der Waals surface area contributed by atoms with E-state index in [2.05, 4.69) is 20.5 Å². The first-order chi connectivity index (χ1) is 12.2. The summed E-state index contributed by atoms with van der Waals surface area (Å²) >= 11 is 7.53. The summed E-state index contributed by atoms with van der Waals surface area (Å²) in [5.41, 5.74) is 0.752. The number of amides is 1. The summed E-state index contributed by atoms with van der Waals surface area (Å²) in [5.74, 6) is 1.03. The second kappa shape index (κ2) is 8.64. The zero-order valence-corrected chi connectivity index (χ0v) is 14.8. The molecule has 0 aliphatic rings. The van der Waals surface area contributed by atoms with Gasteiger partial charge in [0.1, 0.15) is 0 Å². The molecule has 8 heteroatoms. The van der Waals surface area contributed by atoms with E-state index in [0.717, 1.165) is 27.7 Å². The number of nitrogens with zero attached hydrogens (tertiary/aromatic N) is 3. The van der Waals surface area contributed by atoms with Gasteiger partial charge in [-0.25, -0.2) is 0 Å². The molecule has 0 saturated heterocycles. The summed E-state index contributed by atoms with van der Waals surface area (Å²) in [5, 5.41) is 11.1. The van der Waals surface area contributed by atoms with Crippen LogP contribution in [0.2, 0.25) is 5.02 Å². The van der Waals surface area contributed by atoms with Crippen LogP contribution in [0.4, 0.5) is 6.01 Å². The molecule has 2 aromatic heterocycles. The minimum Gasteiger partial charge on any atom is -0.403 e. The molecule has 1 N–H and O–H groups in total. The molecule has 128 valence electrons. The number of hydrogen-bond acceptors (Lipinski definition) is 6. The van der Waals surface area contributed by atoms with Gasteiger partial charge in [0.15, 0.2) is 0 Å². The smallest absolute Gasteiger partial charge is 0.322 e. The van der Waals surface area contributed by atoms with E-state index in [1.165, 1.54) is 0 Å². The molecular weight excluding hydrogens is 360 g/mol. The van der Waals surface area contributed by atoms with Gasteiger partial charge in [0, 0.05) is 34.3 Å². The lowest BCUT2D eigenvalue weighted by Crippen LogP contribution is -2.11. The number of halogens is 1. The number of carbonyl (C=O) groups excluding carboxylic acids is 1. The second-order valence-corrected chi connectivity index (χ2v) is 6.71. The van der Waals surface area contributed by atoms with Gasteiger partial charge in [-0.1, -0.05) is 16.7 Å². The van der Waals surface area contributed by atoms with Crippen LogP contribution in [0, 0.1) is 0 Å². The zero-order chi connectivity index (χ0) is 17.5. The van der Waals surface area contributed by atoms with Gasteiger partial charge in [-0.05, 0) is 48.6 Å². The van der Waals surface area contributed by atoms with E-state index in [0.29, 0.717) is 12.3 Å². The fraction of sp³-hybridized carbons (Fsp3) is 0.176. The highest BCUT2D eigenvalue weighted by atomic mass is 35.5. The molecule has 0 spiro atoms. The molecule has 6 nitrogen and oxygen atoms in total. The maximum atomic E-state index is 11.9. The van der Waals surface area contributed by atoms with Crippen molar-refractivity contribution in [3.63, 3.8) is 0 Å². The molecule has 2 heterocycles. The summed E-state index contributed by atoms with van der Waals surface area (Å²) in [6.07, 6.45) is 4.39. The number of hydrogen-bond donors (Lipinski definition) is 1. The van der Waals surface area contributed by atoms with Crippen LogP contribution < -0.4 is 5.32 Å². The highest BCUT2D eigenvalue weighted by Gasteiger charge is 2.11. The van der Waals surface area contributed by atoms with Crippen molar-refractivity contribution >= 4 is 35.3 Å². The lowest BCUT2D eigenvalue weighted by molar-refractivity contribution is -0.116. The van der Waals surface area contributed by atoms with Gasteiger partial charge < -0.3 is 4.42 Å². The largest absolute Gasteiger partial charge is 0.403 e. The van der Waals surface area contributed by atoms with Crippen molar-refractivity contribution in [3.8, 4) is 11.5 Å². The van der Waals surface area contributed by atoms with Crippen LogP contribution in [0.15, 0.2) is 58.1 Å².